The summed E-state index contributed by atoms with van der Waals surface area (Å²) in [5.74, 6) is 1.44. The number of fused-ring (bicyclic) bond motifs is 1. The Labute approximate surface area is 124 Å². The van der Waals surface area contributed by atoms with Crippen molar-refractivity contribution >= 4 is 27.5 Å². The maximum Gasteiger partial charge on any atom is 0.243 e. The molecule has 0 saturated carbocycles. The Kier molecular flexibility index (Phi) is 3.56. The van der Waals surface area contributed by atoms with Crippen LogP contribution in [0.2, 0.25) is 0 Å². The minimum absolute atomic E-state index is 0.597. The van der Waals surface area contributed by atoms with Gasteiger partial charge in [0.05, 0.1) is 11.6 Å². The Hall–Kier alpha value is -2.08. The summed E-state index contributed by atoms with van der Waals surface area (Å²) >= 11 is 3.46. The summed E-state index contributed by atoms with van der Waals surface area (Å²) in [7, 11) is 1.66. The lowest BCUT2D eigenvalue weighted by molar-refractivity contribution is 0.414. The van der Waals surface area contributed by atoms with Gasteiger partial charge in [-0.25, -0.2) is 4.52 Å². The van der Waals surface area contributed by atoms with Crippen molar-refractivity contribution in [1.29, 1.82) is 0 Å². The number of hydrogen-bond donors (Lipinski definition) is 1. The van der Waals surface area contributed by atoms with Gasteiger partial charge in [0.15, 0.2) is 5.65 Å². The Balaban J connectivity index is 1.78. The molecule has 3 aromatic rings. The number of pyridine rings is 1. The zero-order valence-electron chi connectivity index (χ0n) is 10.9. The van der Waals surface area contributed by atoms with Crippen LogP contribution >= 0.6 is 15.9 Å². The molecule has 0 radical (unpaired) electrons. The fourth-order valence-electron chi connectivity index (χ4n) is 1.91. The second-order valence-electron chi connectivity index (χ2n) is 4.26. The third kappa shape index (κ3) is 2.60. The van der Waals surface area contributed by atoms with Gasteiger partial charge in [-0.1, -0.05) is 12.1 Å². The maximum absolute atomic E-state index is 5.20. The molecule has 102 valence electrons. The van der Waals surface area contributed by atoms with E-state index in [2.05, 4.69) is 31.3 Å². The van der Waals surface area contributed by atoms with Crippen molar-refractivity contribution in [2.45, 2.75) is 6.54 Å². The lowest BCUT2D eigenvalue weighted by Crippen LogP contribution is -2.01. The minimum Gasteiger partial charge on any atom is -0.497 e. The van der Waals surface area contributed by atoms with E-state index in [0.29, 0.717) is 12.5 Å². The summed E-state index contributed by atoms with van der Waals surface area (Å²) < 4.78 is 7.85. The lowest BCUT2D eigenvalue weighted by Gasteiger charge is -2.04. The van der Waals surface area contributed by atoms with E-state index in [0.717, 1.165) is 21.4 Å². The number of methoxy groups -OCH3 is 1. The molecule has 20 heavy (non-hydrogen) atoms. The fraction of sp³-hybridized carbons (Fsp3) is 0.143. The molecule has 0 spiro atoms. The lowest BCUT2D eigenvalue weighted by atomic mass is 10.2. The van der Waals surface area contributed by atoms with Crippen LogP contribution in [0.15, 0.2) is 47.1 Å². The normalized spacial score (nSPS) is 10.7. The van der Waals surface area contributed by atoms with E-state index in [4.69, 9.17) is 4.74 Å². The molecule has 6 heteroatoms. The molecule has 2 heterocycles. The average molecular weight is 333 g/mol. The molecule has 3 rings (SSSR count). The van der Waals surface area contributed by atoms with Crippen molar-refractivity contribution in [1.82, 2.24) is 14.6 Å². The van der Waals surface area contributed by atoms with Crippen LogP contribution in [0, 0.1) is 0 Å². The topological polar surface area (TPSA) is 51.5 Å². The highest BCUT2D eigenvalue weighted by molar-refractivity contribution is 9.10. The highest BCUT2D eigenvalue weighted by atomic mass is 79.9. The van der Waals surface area contributed by atoms with Crippen molar-refractivity contribution in [2.24, 2.45) is 0 Å². The quantitative estimate of drug-likeness (QED) is 0.797. The average Bonchev–Trinajstić information content (AvgIpc) is 2.90. The van der Waals surface area contributed by atoms with Crippen LogP contribution < -0.4 is 10.1 Å². The number of nitrogens with one attached hydrogen (secondary N) is 1. The van der Waals surface area contributed by atoms with E-state index >= 15 is 0 Å². The van der Waals surface area contributed by atoms with E-state index in [1.54, 1.807) is 11.6 Å². The van der Waals surface area contributed by atoms with Crippen molar-refractivity contribution in [3.63, 3.8) is 0 Å². The first-order valence-corrected chi connectivity index (χ1v) is 6.93. The first kappa shape index (κ1) is 12.9. The van der Waals surface area contributed by atoms with E-state index in [-0.39, 0.29) is 0 Å². The monoisotopic (exact) mass is 332 g/mol. The summed E-state index contributed by atoms with van der Waals surface area (Å²) in [4.78, 5) is 4.43. The van der Waals surface area contributed by atoms with Crippen LogP contribution in [0.1, 0.15) is 5.56 Å². The van der Waals surface area contributed by atoms with E-state index in [1.807, 2.05) is 42.6 Å². The molecule has 0 aliphatic heterocycles. The number of benzene rings is 1. The summed E-state index contributed by atoms with van der Waals surface area (Å²) in [5.41, 5.74) is 1.91. The molecule has 0 saturated heterocycles. The number of ether oxygens (including phenoxy) is 1. The third-order valence-electron chi connectivity index (χ3n) is 2.90. The Morgan fingerprint density at radius 2 is 2.20 bits per heavy atom. The number of rotatable bonds is 4. The van der Waals surface area contributed by atoms with Crippen molar-refractivity contribution in [2.75, 3.05) is 12.4 Å². The van der Waals surface area contributed by atoms with E-state index < -0.39 is 0 Å². The molecule has 0 unspecified atom stereocenters. The van der Waals surface area contributed by atoms with Gasteiger partial charge in [0.25, 0.3) is 0 Å². The molecule has 1 aromatic carbocycles. The predicted molar refractivity (Wildman–Crippen MR) is 81.0 cm³/mol. The van der Waals surface area contributed by atoms with E-state index in [9.17, 15) is 0 Å². The second kappa shape index (κ2) is 5.50. The third-order valence-corrected chi connectivity index (χ3v) is 3.52. The Bertz CT molecular complexity index is 741. The molecule has 0 bridgehead atoms. The molecule has 5 nitrogen and oxygen atoms in total. The predicted octanol–water partition coefficient (Wildman–Crippen LogP) is 3.11. The van der Waals surface area contributed by atoms with Crippen LogP contribution in [0.3, 0.4) is 0 Å². The number of nitrogens with zero attached hydrogens (tertiary/aromatic N) is 3. The molecule has 0 aliphatic rings. The first-order chi connectivity index (χ1) is 9.76. The van der Waals surface area contributed by atoms with Gasteiger partial charge in [-0.3, -0.25) is 0 Å². The number of aromatic nitrogens is 3. The Morgan fingerprint density at radius 3 is 3.00 bits per heavy atom. The number of anilines is 1. The molecular formula is C14H13BrN4O. The van der Waals surface area contributed by atoms with Gasteiger partial charge in [-0.05, 0) is 45.8 Å². The number of hydrogen-bond acceptors (Lipinski definition) is 4. The van der Waals surface area contributed by atoms with Crippen LogP contribution in [-0.2, 0) is 6.54 Å². The van der Waals surface area contributed by atoms with Crippen molar-refractivity contribution < 1.29 is 4.74 Å². The van der Waals surface area contributed by atoms with Gasteiger partial charge >= 0.3 is 0 Å². The van der Waals surface area contributed by atoms with Crippen molar-refractivity contribution in [3.8, 4) is 5.75 Å². The summed E-state index contributed by atoms with van der Waals surface area (Å²) in [6.07, 6.45) is 1.86. The first-order valence-electron chi connectivity index (χ1n) is 6.14. The van der Waals surface area contributed by atoms with Gasteiger partial charge in [0, 0.05) is 12.7 Å². The second-order valence-corrected chi connectivity index (χ2v) is 5.12. The van der Waals surface area contributed by atoms with Crippen LogP contribution in [0.4, 0.5) is 5.95 Å². The highest BCUT2D eigenvalue weighted by Gasteiger charge is 2.05. The van der Waals surface area contributed by atoms with Crippen molar-refractivity contribution in [3.05, 3.63) is 52.6 Å². The number of halogens is 1. The SMILES string of the molecule is COc1cccc(CNc2nc3c(Br)cccn3n2)c1. The van der Waals surface area contributed by atoms with E-state index in [1.165, 1.54) is 0 Å². The summed E-state index contributed by atoms with van der Waals surface area (Å²) in [6.45, 7) is 0.645. The van der Waals surface area contributed by atoms with Gasteiger partial charge in [0.2, 0.25) is 5.95 Å². The maximum atomic E-state index is 5.20. The van der Waals surface area contributed by atoms with Crippen LogP contribution in [0.5, 0.6) is 5.75 Å². The standard InChI is InChI=1S/C14H13BrN4O/c1-20-11-5-2-4-10(8-11)9-16-14-17-13-12(15)6-3-7-19(13)18-14/h2-8H,9H2,1H3,(H,16,18). The molecule has 0 fully saturated rings. The summed E-state index contributed by atoms with van der Waals surface area (Å²) in [5, 5.41) is 7.57. The molecule has 1 N–H and O–H groups in total. The smallest absolute Gasteiger partial charge is 0.243 e. The van der Waals surface area contributed by atoms with Gasteiger partial charge in [0.1, 0.15) is 5.75 Å². The molecular weight excluding hydrogens is 320 g/mol. The zero-order chi connectivity index (χ0) is 13.9. The fourth-order valence-corrected chi connectivity index (χ4v) is 2.34. The molecule has 0 aliphatic carbocycles. The van der Waals surface area contributed by atoms with Gasteiger partial charge in [-0.2, -0.15) is 4.98 Å². The largest absolute Gasteiger partial charge is 0.497 e. The molecule has 0 amide bonds. The highest BCUT2D eigenvalue weighted by Crippen LogP contribution is 2.18. The van der Waals surface area contributed by atoms with Crippen LogP contribution in [0.25, 0.3) is 5.65 Å². The molecule has 2 aromatic heterocycles. The zero-order valence-corrected chi connectivity index (χ0v) is 12.5. The Morgan fingerprint density at radius 1 is 1.30 bits per heavy atom. The van der Waals surface area contributed by atoms with Gasteiger partial charge < -0.3 is 10.1 Å². The van der Waals surface area contributed by atoms with Crippen LogP contribution in [-0.4, -0.2) is 21.7 Å². The molecule has 0 atom stereocenters. The summed E-state index contributed by atoms with van der Waals surface area (Å²) in [6, 6.07) is 11.8. The minimum atomic E-state index is 0.597. The van der Waals surface area contributed by atoms with Gasteiger partial charge in [-0.15, -0.1) is 5.10 Å².